The Morgan fingerprint density at radius 2 is 2.14 bits per heavy atom. The summed E-state index contributed by atoms with van der Waals surface area (Å²) in [5.41, 5.74) is 4.19. The molecule has 0 saturated carbocycles. The molecule has 4 heteroatoms. The number of phenolic OH excluding ortho intramolecular Hbond substituents is 1. The highest BCUT2D eigenvalue weighted by Gasteiger charge is 2.48. The number of likely N-dealkylation sites (tertiary alicyclic amines) is 1. The van der Waals surface area contributed by atoms with Crippen molar-refractivity contribution in [1.29, 1.82) is 0 Å². The zero-order chi connectivity index (χ0) is 19.3. The molecule has 1 aliphatic heterocycles. The molecule has 2 heterocycles. The molecule has 5 rings (SSSR count). The quantitative estimate of drug-likeness (QED) is 0.658. The Balaban J connectivity index is 1.65. The number of para-hydroxylation sites is 1. The van der Waals surface area contributed by atoms with E-state index in [1.807, 2.05) is 24.3 Å². The van der Waals surface area contributed by atoms with Crippen LogP contribution in [0.15, 0.2) is 55.1 Å². The first-order valence-corrected chi connectivity index (χ1v) is 10.0. The average Bonchev–Trinajstić information content (AvgIpc) is 3.05. The van der Waals surface area contributed by atoms with Crippen molar-refractivity contribution in [2.45, 2.75) is 24.7 Å². The van der Waals surface area contributed by atoms with Gasteiger partial charge in [0.15, 0.2) is 0 Å². The number of nitrogens with zero attached hydrogens (tertiary/aromatic N) is 1. The first-order valence-electron chi connectivity index (χ1n) is 10.0. The van der Waals surface area contributed by atoms with E-state index in [1.54, 1.807) is 12.1 Å². The number of piperidine rings is 1. The Kier molecular flexibility index (Phi) is 4.06. The molecule has 144 valence electrons. The van der Waals surface area contributed by atoms with Gasteiger partial charge in [0.25, 0.3) is 0 Å². The van der Waals surface area contributed by atoms with Gasteiger partial charge in [-0.05, 0) is 61.1 Å². The molecule has 2 aromatic carbocycles. The van der Waals surface area contributed by atoms with E-state index in [-0.39, 0.29) is 11.2 Å². The molecule has 0 radical (unpaired) electrons. The molecule has 1 fully saturated rings. The fourth-order valence-corrected chi connectivity index (χ4v) is 5.52. The van der Waals surface area contributed by atoms with E-state index >= 15 is 0 Å². The maximum atomic E-state index is 14.4. The van der Waals surface area contributed by atoms with Gasteiger partial charge in [0, 0.05) is 29.6 Å². The molecule has 2 N–H and O–H groups in total. The van der Waals surface area contributed by atoms with Crippen molar-refractivity contribution in [1.82, 2.24) is 9.88 Å². The molecular weight excluding hydrogens is 351 g/mol. The number of aromatic amines is 1. The molecule has 1 saturated heterocycles. The van der Waals surface area contributed by atoms with Gasteiger partial charge in [0.05, 0.1) is 5.52 Å². The van der Waals surface area contributed by atoms with E-state index in [9.17, 15) is 9.50 Å². The molecule has 0 amide bonds. The normalized spacial score (nSPS) is 24.7. The standard InChI is InChI=1S/C24H25FN2O/c1-2-10-27-11-9-24(16-5-3-6-18(28)12-16)14-22-20(13-17(24)15-27)19-7-4-8-21(25)23(19)26-22/h2-8,12,17,26,28H,1,9-11,13-15H2/t17?,24-/m1/s1. The third-order valence-corrected chi connectivity index (χ3v) is 6.86. The minimum absolute atomic E-state index is 0.0409. The summed E-state index contributed by atoms with van der Waals surface area (Å²) in [6.45, 7) is 6.78. The number of halogens is 1. The van der Waals surface area contributed by atoms with Crippen LogP contribution < -0.4 is 0 Å². The van der Waals surface area contributed by atoms with Crippen LogP contribution in [0.25, 0.3) is 10.9 Å². The van der Waals surface area contributed by atoms with Crippen LogP contribution in [0, 0.1) is 11.7 Å². The van der Waals surface area contributed by atoms with E-state index in [0.29, 0.717) is 17.2 Å². The SMILES string of the molecule is C=CCN1CC[C@]2(c3cccc(O)c3)Cc3[nH]c4c(F)cccc4c3CC2C1. The van der Waals surface area contributed by atoms with Gasteiger partial charge in [0.1, 0.15) is 11.6 Å². The highest BCUT2D eigenvalue weighted by atomic mass is 19.1. The van der Waals surface area contributed by atoms with E-state index in [1.165, 1.54) is 17.2 Å². The van der Waals surface area contributed by atoms with Crippen LogP contribution in [0.2, 0.25) is 0 Å². The molecule has 2 aliphatic rings. The van der Waals surface area contributed by atoms with Crippen molar-refractivity contribution in [3.63, 3.8) is 0 Å². The largest absolute Gasteiger partial charge is 0.508 e. The van der Waals surface area contributed by atoms with Gasteiger partial charge in [-0.3, -0.25) is 4.90 Å². The van der Waals surface area contributed by atoms with E-state index in [2.05, 4.69) is 22.5 Å². The molecule has 0 spiro atoms. The number of nitrogens with one attached hydrogen (secondary N) is 1. The van der Waals surface area contributed by atoms with Crippen LogP contribution >= 0.6 is 0 Å². The minimum Gasteiger partial charge on any atom is -0.508 e. The Morgan fingerprint density at radius 1 is 1.29 bits per heavy atom. The Hall–Kier alpha value is -2.59. The molecule has 3 nitrogen and oxygen atoms in total. The van der Waals surface area contributed by atoms with Gasteiger partial charge in [-0.1, -0.05) is 30.3 Å². The number of rotatable bonds is 3. The molecule has 0 bridgehead atoms. The second kappa shape index (κ2) is 6.49. The summed E-state index contributed by atoms with van der Waals surface area (Å²) in [7, 11) is 0. The smallest absolute Gasteiger partial charge is 0.147 e. The lowest BCUT2D eigenvalue weighted by Gasteiger charge is -2.51. The Bertz CT molecular complexity index is 1060. The Labute approximate surface area is 164 Å². The van der Waals surface area contributed by atoms with Gasteiger partial charge in [-0.25, -0.2) is 4.39 Å². The van der Waals surface area contributed by atoms with Crippen LogP contribution in [0.3, 0.4) is 0 Å². The summed E-state index contributed by atoms with van der Waals surface area (Å²) in [5.74, 6) is 0.542. The molecule has 28 heavy (non-hydrogen) atoms. The highest BCUT2D eigenvalue weighted by Crippen LogP contribution is 2.49. The number of benzene rings is 2. The van der Waals surface area contributed by atoms with Crippen LogP contribution in [-0.2, 0) is 18.3 Å². The fraction of sp³-hybridized carbons (Fsp3) is 0.333. The second-order valence-corrected chi connectivity index (χ2v) is 8.33. The summed E-state index contributed by atoms with van der Waals surface area (Å²) < 4.78 is 14.4. The summed E-state index contributed by atoms with van der Waals surface area (Å²) in [6, 6.07) is 13.1. The predicted octanol–water partition coefficient (Wildman–Crippen LogP) is 4.56. The topological polar surface area (TPSA) is 39.3 Å². The number of fused-ring (bicyclic) bond motifs is 4. The highest BCUT2D eigenvalue weighted by molar-refractivity contribution is 5.85. The summed E-state index contributed by atoms with van der Waals surface area (Å²) in [4.78, 5) is 5.85. The van der Waals surface area contributed by atoms with Gasteiger partial charge >= 0.3 is 0 Å². The van der Waals surface area contributed by atoms with Crippen LogP contribution in [0.4, 0.5) is 4.39 Å². The van der Waals surface area contributed by atoms with Crippen molar-refractivity contribution in [2.24, 2.45) is 5.92 Å². The molecular formula is C24H25FN2O. The number of aromatic hydroxyl groups is 1. The van der Waals surface area contributed by atoms with Gasteiger partial charge in [-0.15, -0.1) is 6.58 Å². The zero-order valence-electron chi connectivity index (χ0n) is 15.9. The third-order valence-electron chi connectivity index (χ3n) is 6.86. The lowest BCUT2D eigenvalue weighted by molar-refractivity contribution is 0.0896. The molecule has 1 unspecified atom stereocenters. The van der Waals surface area contributed by atoms with Crippen molar-refractivity contribution in [3.05, 3.63) is 77.8 Å². The maximum Gasteiger partial charge on any atom is 0.147 e. The molecule has 1 aromatic heterocycles. The Morgan fingerprint density at radius 3 is 2.96 bits per heavy atom. The predicted molar refractivity (Wildman–Crippen MR) is 110 cm³/mol. The lowest BCUT2D eigenvalue weighted by Crippen LogP contribution is -2.53. The van der Waals surface area contributed by atoms with Gasteiger partial charge in [-0.2, -0.15) is 0 Å². The third kappa shape index (κ3) is 2.59. The molecule has 1 aliphatic carbocycles. The molecule has 3 aromatic rings. The number of H-pyrrole nitrogens is 1. The lowest BCUT2D eigenvalue weighted by atomic mass is 9.58. The van der Waals surface area contributed by atoms with Gasteiger partial charge < -0.3 is 10.1 Å². The van der Waals surface area contributed by atoms with Crippen molar-refractivity contribution in [2.75, 3.05) is 19.6 Å². The zero-order valence-corrected chi connectivity index (χ0v) is 15.9. The van der Waals surface area contributed by atoms with Crippen LogP contribution in [0.5, 0.6) is 5.75 Å². The van der Waals surface area contributed by atoms with Crippen molar-refractivity contribution >= 4 is 10.9 Å². The number of aromatic nitrogens is 1. The first-order chi connectivity index (χ1) is 13.6. The van der Waals surface area contributed by atoms with Crippen LogP contribution in [-0.4, -0.2) is 34.6 Å². The fourth-order valence-electron chi connectivity index (χ4n) is 5.52. The number of hydrogen-bond acceptors (Lipinski definition) is 2. The average molecular weight is 376 g/mol. The van der Waals surface area contributed by atoms with Crippen molar-refractivity contribution < 1.29 is 9.50 Å². The van der Waals surface area contributed by atoms with Crippen LogP contribution in [0.1, 0.15) is 23.2 Å². The second-order valence-electron chi connectivity index (χ2n) is 8.33. The number of phenols is 1. The summed E-state index contributed by atoms with van der Waals surface area (Å²) in [6.07, 6.45) is 4.76. The number of hydrogen-bond donors (Lipinski definition) is 2. The summed E-state index contributed by atoms with van der Waals surface area (Å²) in [5, 5.41) is 11.1. The maximum absolute atomic E-state index is 14.4. The van der Waals surface area contributed by atoms with E-state index < -0.39 is 0 Å². The van der Waals surface area contributed by atoms with Gasteiger partial charge in [0.2, 0.25) is 0 Å². The minimum atomic E-state index is -0.186. The van der Waals surface area contributed by atoms with E-state index in [0.717, 1.165) is 50.0 Å². The monoisotopic (exact) mass is 376 g/mol. The summed E-state index contributed by atoms with van der Waals surface area (Å²) >= 11 is 0. The van der Waals surface area contributed by atoms with Crippen molar-refractivity contribution in [3.8, 4) is 5.75 Å². The molecule has 2 atom stereocenters. The first kappa shape index (κ1) is 17.5. The van der Waals surface area contributed by atoms with E-state index in [4.69, 9.17) is 0 Å².